The largest absolute Gasteiger partial charge is 0.353 e. The normalized spacial score (nSPS) is 23.2. The first-order chi connectivity index (χ1) is 14.6. The van der Waals surface area contributed by atoms with Gasteiger partial charge in [-0.05, 0) is 61.6 Å². The molecule has 0 aliphatic heterocycles. The van der Waals surface area contributed by atoms with Gasteiger partial charge in [-0.15, -0.1) is 11.8 Å². The molecule has 2 aromatic carbocycles. The molecule has 2 amide bonds. The lowest BCUT2D eigenvalue weighted by molar-refractivity contribution is -0.119. The zero-order valence-electron chi connectivity index (χ0n) is 17.5. The second-order valence-corrected chi connectivity index (χ2v) is 9.67. The van der Waals surface area contributed by atoms with Crippen LogP contribution in [0.25, 0.3) is 0 Å². The van der Waals surface area contributed by atoms with E-state index in [1.54, 1.807) is 0 Å². The summed E-state index contributed by atoms with van der Waals surface area (Å²) in [5.74, 6) is 2.58. The molecular formula is C25H30N2O2S. The Morgan fingerprint density at radius 2 is 1.80 bits per heavy atom. The Kier molecular flexibility index (Phi) is 6.78. The van der Waals surface area contributed by atoms with Crippen LogP contribution in [-0.2, 0) is 11.3 Å². The van der Waals surface area contributed by atoms with Crippen LogP contribution in [-0.4, -0.2) is 23.6 Å². The van der Waals surface area contributed by atoms with Crippen LogP contribution in [0, 0.1) is 17.8 Å². The number of hydrogen-bond donors (Lipinski definition) is 2. The number of nitrogens with one attached hydrogen (secondary N) is 2. The van der Waals surface area contributed by atoms with Crippen molar-refractivity contribution in [3.05, 3.63) is 65.7 Å². The number of fused-ring (bicyclic) bond motifs is 2. The van der Waals surface area contributed by atoms with Crippen molar-refractivity contribution in [2.75, 3.05) is 5.75 Å². The molecule has 2 aliphatic rings. The van der Waals surface area contributed by atoms with Crippen LogP contribution < -0.4 is 10.6 Å². The lowest BCUT2D eigenvalue weighted by Crippen LogP contribution is -2.40. The van der Waals surface area contributed by atoms with E-state index in [1.807, 2.05) is 54.6 Å². The van der Waals surface area contributed by atoms with E-state index in [-0.39, 0.29) is 17.9 Å². The lowest BCUT2D eigenvalue weighted by atomic mass is 9.84. The van der Waals surface area contributed by atoms with Crippen molar-refractivity contribution < 1.29 is 9.59 Å². The topological polar surface area (TPSA) is 58.2 Å². The molecule has 2 fully saturated rings. The van der Waals surface area contributed by atoms with Crippen molar-refractivity contribution >= 4 is 23.6 Å². The lowest BCUT2D eigenvalue weighted by Gasteiger charge is -2.28. The van der Waals surface area contributed by atoms with Gasteiger partial charge < -0.3 is 10.6 Å². The number of amides is 2. The fraction of sp³-hybridized carbons (Fsp3) is 0.440. The fourth-order valence-electron chi connectivity index (χ4n) is 5.11. The Morgan fingerprint density at radius 3 is 2.53 bits per heavy atom. The summed E-state index contributed by atoms with van der Waals surface area (Å²) < 4.78 is 0. The van der Waals surface area contributed by atoms with E-state index >= 15 is 0 Å². The number of rotatable bonds is 8. The van der Waals surface area contributed by atoms with Crippen LogP contribution in [0.2, 0.25) is 0 Å². The van der Waals surface area contributed by atoms with Gasteiger partial charge in [0.2, 0.25) is 5.91 Å². The second kappa shape index (κ2) is 9.69. The van der Waals surface area contributed by atoms with E-state index in [4.69, 9.17) is 0 Å². The van der Waals surface area contributed by atoms with Gasteiger partial charge >= 0.3 is 0 Å². The van der Waals surface area contributed by atoms with Crippen molar-refractivity contribution in [2.45, 2.75) is 50.1 Å². The van der Waals surface area contributed by atoms with Gasteiger partial charge in [0.25, 0.3) is 5.91 Å². The molecule has 0 saturated heterocycles. The van der Waals surface area contributed by atoms with Crippen LogP contribution in [0.4, 0.5) is 0 Å². The van der Waals surface area contributed by atoms with Crippen LogP contribution in [0.3, 0.4) is 0 Å². The molecule has 30 heavy (non-hydrogen) atoms. The first kappa shape index (κ1) is 21.0. The summed E-state index contributed by atoms with van der Waals surface area (Å²) >= 11 is 1.43. The molecule has 2 N–H and O–H groups in total. The molecule has 4 rings (SSSR count). The fourth-order valence-corrected chi connectivity index (χ4v) is 5.97. The molecule has 2 aliphatic carbocycles. The third-order valence-electron chi connectivity index (χ3n) is 6.61. The highest BCUT2D eigenvalue weighted by molar-refractivity contribution is 8.00. The maximum absolute atomic E-state index is 12.7. The van der Waals surface area contributed by atoms with Crippen molar-refractivity contribution in [3.8, 4) is 0 Å². The van der Waals surface area contributed by atoms with Gasteiger partial charge in [-0.3, -0.25) is 9.59 Å². The van der Waals surface area contributed by atoms with Crippen LogP contribution in [0.15, 0.2) is 59.5 Å². The molecule has 4 atom stereocenters. The van der Waals surface area contributed by atoms with E-state index in [0.29, 0.717) is 23.8 Å². The maximum Gasteiger partial charge on any atom is 0.252 e. The molecule has 0 spiro atoms. The molecule has 158 valence electrons. The third-order valence-corrected chi connectivity index (χ3v) is 7.68. The van der Waals surface area contributed by atoms with Gasteiger partial charge in [0.15, 0.2) is 0 Å². The van der Waals surface area contributed by atoms with Crippen LogP contribution >= 0.6 is 11.8 Å². The van der Waals surface area contributed by atoms with Gasteiger partial charge in [-0.25, -0.2) is 0 Å². The minimum atomic E-state index is -0.113. The van der Waals surface area contributed by atoms with E-state index in [9.17, 15) is 9.59 Å². The van der Waals surface area contributed by atoms with E-state index in [2.05, 4.69) is 17.6 Å². The Bertz CT molecular complexity index is 886. The van der Waals surface area contributed by atoms with E-state index in [1.165, 1.54) is 37.4 Å². The summed E-state index contributed by atoms with van der Waals surface area (Å²) in [6.45, 7) is 2.64. The summed E-state index contributed by atoms with van der Waals surface area (Å²) in [5.41, 5.74) is 1.68. The SMILES string of the molecule is C[C@@H](NC(=O)CSc1ccccc1C(=O)NCc1ccccc1)[C@@H]1C[C@H]2CC[C@H]1C2. The van der Waals surface area contributed by atoms with Crippen LogP contribution in [0.1, 0.15) is 48.5 Å². The zero-order chi connectivity index (χ0) is 20.9. The average Bonchev–Trinajstić information content (AvgIpc) is 3.41. The molecule has 5 heteroatoms. The van der Waals surface area contributed by atoms with Gasteiger partial charge in [0.05, 0.1) is 11.3 Å². The van der Waals surface area contributed by atoms with Crippen molar-refractivity contribution in [2.24, 2.45) is 17.8 Å². The minimum Gasteiger partial charge on any atom is -0.353 e. The first-order valence-corrected chi connectivity index (χ1v) is 11.9. The Hall–Kier alpha value is -2.27. The molecule has 0 heterocycles. The first-order valence-electron chi connectivity index (χ1n) is 10.9. The average molecular weight is 423 g/mol. The Labute approximate surface area is 183 Å². The molecular weight excluding hydrogens is 392 g/mol. The smallest absolute Gasteiger partial charge is 0.252 e. The van der Waals surface area contributed by atoms with Crippen molar-refractivity contribution in [3.63, 3.8) is 0 Å². The standard InChI is InChI=1S/C25H30N2O2S/c1-17(22-14-19-11-12-20(22)13-19)27-24(28)16-30-23-10-6-5-9-21(23)25(29)26-15-18-7-3-2-4-8-18/h2-10,17,19-20,22H,11-16H2,1H3,(H,26,29)(H,27,28)/t17-,19+,20+,22+/m1/s1. The second-order valence-electron chi connectivity index (χ2n) is 8.65. The number of thioether (sulfide) groups is 1. The molecule has 0 unspecified atom stereocenters. The number of benzene rings is 2. The monoisotopic (exact) mass is 422 g/mol. The van der Waals surface area contributed by atoms with Gasteiger partial charge in [-0.1, -0.05) is 48.9 Å². The molecule has 2 bridgehead atoms. The van der Waals surface area contributed by atoms with E-state index in [0.717, 1.165) is 22.3 Å². The summed E-state index contributed by atoms with van der Waals surface area (Å²) in [7, 11) is 0. The van der Waals surface area contributed by atoms with E-state index < -0.39 is 0 Å². The Morgan fingerprint density at radius 1 is 1.03 bits per heavy atom. The highest BCUT2D eigenvalue weighted by atomic mass is 32.2. The molecule has 4 nitrogen and oxygen atoms in total. The molecule has 0 radical (unpaired) electrons. The number of hydrogen-bond acceptors (Lipinski definition) is 3. The van der Waals surface area contributed by atoms with Crippen molar-refractivity contribution in [1.29, 1.82) is 0 Å². The summed E-state index contributed by atoms with van der Waals surface area (Å²) in [4.78, 5) is 26.1. The zero-order valence-corrected chi connectivity index (χ0v) is 18.3. The molecule has 2 saturated carbocycles. The highest BCUT2D eigenvalue weighted by Crippen LogP contribution is 2.49. The summed E-state index contributed by atoms with van der Waals surface area (Å²) in [6.07, 6.45) is 5.32. The number of carbonyl (C=O) groups excluding carboxylic acids is 2. The van der Waals surface area contributed by atoms with Gasteiger partial charge in [-0.2, -0.15) is 0 Å². The predicted molar refractivity (Wildman–Crippen MR) is 121 cm³/mol. The van der Waals surface area contributed by atoms with Crippen molar-refractivity contribution in [1.82, 2.24) is 10.6 Å². The minimum absolute atomic E-state index is 0.0507. The van der Waals surface area contributed by atoms with Crippen LogP contribution in [0.5, 0.6) is 0 Å². The maximum atomic E-state index is 12.7. The quantitative estimate of drug-likeness (QED) is 0.609. The van der Waals surface area contributed by atoms with Gasteiger partial charge in [0.1, 0.15) is 0 Å². The third kappa shape index (κ3) is 5.07. The molecule has 0 aromatic heterocycles. The predicted octanol–water partition coefficient (Wildman–Crippen LogP) is 4.65. The highest BCUT2D eigenvalue weighted by Gasteiger charge is 2.42. The van der Waals surface area contributed by atoms with Gasteiger partial charge in [0, 0.05) is 17.5 Å². The summed E-state index contributed by atoms with van der Waals surface area (Å²) in [6, 6.07) is 17.6. The Balaban J connectivity index is 1.29. The number of carbonyl (C=O) groups is 2. The molecule has 2 aromatic rings. The summed E-state index contributed by atoms with van der Waals surface area (Å²) in [5, 5.41) is 6.19.